The molecular formula is C10H8F4O2. The number of hydrogen-bond donors (Lipinski definition) is 0. The lowest BCUT2D eigenvalue weighted by molar-refractivity contribution is -0.139. The van der Waals surface area contributed by atoms with Gasteiger partial charge in [0.05, 0.1) is 12.2 Å². The fourth-order valence-electron chi connectivity index (χ4n) is 1.17. The summed E-state index contributed by atoms with van der Waals surface area (Å²) >= 11 is 0. The third-order valence-electron chi connectivity index (χ3n) is 1.85. The highest BCUT2D eigenvalue weighted by molar-refractivity contribution is 5.76. The van der Waals surface area contributed by atoms with Gasteiger partial charge in [-0.2, -0.15) is 13.2 Å². The van der Waals surface area contributed by atoms with E-state index in [2.05, 4.69) is 4.74 Å². The van der Waals surface area contributed by atoms with E-state index >= 15 is 0 Å². The second-order valence-electron chi connectivity index (χ2n) is 2.89. The molecular weight excluding hydrogens is 228 g/mol. The van der Waals surface area contributed by atoms with E-state index < -0.39 is 28.9 Å². The first-order valence-corrected chi connectivity index (χ1v) is 4.39. The second kappa shape index (κ2) is 4.51. The molecule has 0 saturated carbocycles. The van der Waals surface area contributed by atoms with E-state index in [0.717, 1.165) is 6.07 Å². The minimum Gasteiger partial charge on any atom is -0.490 e. The summed E-state index contributed by atoms with van der Waals surface area (Å²) in [6.45, 7) is 1.30. The zero-order valence-corrected chi connectivity index (χ0v) is 8.27. The van der Waals surface area contributed by atoms with Gasteiger partial charge in [-0.1, -0.05) is 0 Å². The van der Waals surface area contributed by atoms with E-state index in [1.165, 1.54) is 6.92 Å². The number of carbonyl (C=O) groups is 1. The van der Waals surface area contributed by atoms with Crippen molar-refractivity contribution >= 4 is 6.29 Å². The number of ether oxygens (including phenoxy) is 1. The zero-order chi connectivity index (χ0) is 12.3. The van der Waals surface area contributed by atoms with Crippen LogP contribution in [0.1, 0.15) is 22.8 Å². The summed E-state index contributed by atoms with van der Waals surface area (Å²) in [5.74, 6) is -2.22. The Hall–Kier alpha value is -1.59. The molecule has 0 aliphatic rings. The summed E-state index contributed by atoms with van der Waals surface area (Å²) in [7, 11) is 0. The van der Waals surface area contributed by atoms with Gasteiger partial charge in [0.2, 0.25) is 0 Å². The van der Waals surface area contributed by atoms with Crippen LogP contribution in [0.2, 0.25) is 0 Å². The Balaban J connectivity index is 3.40. The highest BCUT2D eigenvalue weighted by Crippen LogP contribution is 2.38. The van der Waals surface area contributed by atoms with Crippen LogP contribution in [0.15, 0.2) is 12.1 Å². The number of alkyl halides is 3. The van der Waals surface area contributed by atoms with Crippen molar-refractivity contribution in [3.05, 3.63) is 29.1 Å². The van der Waals surface area contributed by atoms with Crippen LogP contribution in [0.5, 0.6) is 5.75 Å². The Kier molecular flexibility index (Phi) is 3.51. The maximum atomic E-state index is 13.4. The lowest BCUT2D eigenvalue weighted by Crippen LogP contribution is -2.11. The average Bonchev–Trinajstić information content (AvgIpc) is 2.19. The van der Waals surface area contributed by atoms with Gasteiger partial charge in [-0.25, -0.2) is 4.39 Å². The molecule has 0 aromatic heterocycles. The van der Waals surface area contributed by atoms with Crippen LogP contribution in [0.25, 0.3) is 0 Å². The minimum absolute atomic E-state index is 0.123. The van der Waals surface area contributed by atoms with Crippen LogP contribution in [0.3, 0.4) is 0 Å². The molecule has 0 bridgehead atoms. The number of rotatable bonds is 3. The first kappa shape index (κ1) is 12.5. The number of aldehydes is 1. The van der Waals surface area contributed by atoms with Crippen molar-refractivity contribution in [1.29, 1.82) is 0 Å². The summed E-state index contributed by atoms with van der Waals surface area (Å²) in [6.07, 6.45) is -4.58. The molecule has 0 fully saturated rings. The summed E-state index contributed by atoms with van der Waals surface area (Å²) in [5.41, 5.74) is -1.69. The third-order valence-corrected chi connectivity index (χ3v) is 1.85. The van der Waals surface area contributed by atoms with Gasteiger partial charge in [-0.15, -0.1) is 0 Å². The summed E-state index contributed by atoms with van der Waals surface area (Å²) in [5, 5.41) is 0. The first-order valence-electron chi connectivity index (χ1n) is 4.39. The fraction of sp³-hybridized carbons (Fsp3) is 0.300. The molecule has 0 aliphatic heterocycles. The molecule has 6 heteroatoms. The van der Waals surface area contributed by atoms with Crippen LogP contribution in [-0.4, -0.2) is 12.9 Å². The molecule has 16 heavy (non-hydrogen) atoms. The molecule has 1 aromatic carbocycles. The molecule has 0 N–H and O–H groups in total. The largest absolute Gasteiger partial charge is 0.490 e. The van der Waals surface area contributed by atoms with Crippen molar-refractivity contribution in [3.63, 3.8) is 0 Å². The SMILES string of the molecule is CCOc1c(C(F)(F)F)ccc(C=O)c1F. The quantitative estimate of drug-likeness (QED) is 0.595. The van der Waals surface area contributed by atoms with Crippen LogP contribution in [-0.2, 0) is 6.18 Å². The Morgan fingerprint density at radius 3 is 2.44 bits per heavy atom. The van der Waals surface area contributed by atoms with Crippen molar-refractivity contribution in [2.45, 2.75) is 13.1 Å². The molecule has 0 radical (unpaired) electrons. The summed E-state index contributed by atoms with van der Waals surface area (Å²) < 4.78 is 55.3. The molecule has 0 unspecified atom stereocenters. The van der Waals surface area contributed by atoms with Gasteiger partial charge < -0.3 is 4.74 Å². The minimum atomic E-state index is -4.72. The van der Waals surface area contributed by atoms with E-state index in [4.69, 9.17) is 0 Å². The van der Waals surface area contributed by atoms with E-state index in [1.54, 1.807) is 0 Å². The molecule has 0 atom stereocenters. The van der Waals surface area contributed by atoms with Crippen molar-refractivity contribution in [3.8, 4) is 5.75 Å². The molecule has 0 aliphatic carbocycles. The van der Waals surface area contributed by atoms with Gasteiger partial charge in [0, 0.05) is 0 Å². The zero-order valence-electron chi connectivity index (χ0n) is 8.27. The van der Waals surface area contributed by atoms with Crippen LogP contribution >= 0.6 is 0 Å². The van der Waals surface area contributed by atoms with E-state index in [9.17, 15) is 22.4 Å². The molecule has 0 heterocycles. The monoisotopic (exact) mass is 236 g/mol. The maximum Gasteiger partial charge on any atom is 0.420 e. The van der Waals surface area contributed by atoms with Gasteiger partial charge in [0.15, 0.2) is 17.9 Å². The van der Waals surface area contributed by atoms with Gasteiger partial charge >= 0.3 is 6.18 Å². The molecule has 2 nitrogen and oxygen atoms in total. The van der Waals surface area contributed by atoms with Gasteiger partial charge in [0.1, 0.15) is 5.56 Å². The van der Waals surface area contributed by atoms with Crippen molar-refractivity contribution in [2.75, 3.05) is 6.61 Å². The van der Waals surface area contributed by atoms with Gasteiger partial charge in [-0.05, 0) is 19.1 Å². The molecule has 0 spiro atoms. The predicted molar refractivity (Wildman–Crippen MR) is 48.0 cm³/mol. The number of carbonyl (C=O) groups excluding carboxylic acids is 1. The molecule has 1 aromatic rings. The first-order chi connectivity index (χ1) is 7.41. The van der Waals surface area contributed by atoms with E-state index in [-0.39, 0.29) is 12.9 Å². The lowest BCUT2D eigenvalue weighted by Gasteiger charge is -2.14. The highest BCUT2D eigenvalue weighted by atomic mass is 19.4. The number of hydrogen-bond acceptors (Lipinski definition) is 2. The Morgan fingerprint density at radius 2 is 2.00 bits per heavy atom. The van der Waals surface area contributed by atoms with Crippen molar-refractivity contribution in [1.82, 2.24) is 0 Å². The van der Waals surface area contributed by atoms with Crippen molar-refractivity contribution < 1.29 is 27.1 Å². The van der Waals surface area contributed by atoms with Gasteiger partial charge in [0.25, 0.3) is 0 Å². The average molecular weight is 236 g/mol. The standard InChI is InChI=1S/C10H8F4O2/c1-2-16-9-7(10(12,13)14)4-3-6(5-15)8(9)11/h3-5H,2H2,1H3. The van der Waals surface area contributed by atoms with E-state index in [0.29, 0.717) is 6.07 Å². The van der Waals surface area contributed by atoms with Crippen LogP contribution in [0.4, 0.5) is 17.6 Å². The predicted octanol–water partition coefficient (Wildman–Crippen LogP) is 3.06. The van der Waals surface area contributed by atoms with Crippen LogP contribution < -0.4 is 4.74 Å². The van der Waals surface area contributed by atoms with Crippen LogP contribution in [0, 0.1) is 5.82 Å². The number of halogens is 4. The Labute approximate surface area is 88.8 Å². The molecule has 0 saturated heterocycles. The molecule has 1 rings (SSSR count). The molecule has 88 valence electrons. The Bertz CT molecular complexity index is 399. The van der Waals surface area contributed by atoms with Crippen molar-refractivity contribution in [2.24, 2.45) is 0 Å². The van der Waals surface area contributed by atoms with E-state index in [1.807, 2.05) is 0 Å². The van der Waals surface area contributed by atoms with Gasteiger partial charge in [-0.3, -0.25) is 4.79 Å². The lowest BCUT2D eigenvalue weighted by atomic mass is 10.1. The highest BCUT2D eigenvalue weighted by Gasteiger charge is 2.36. The topological polar surface area (TPSA) is 26.3 Å². The summed E-state index contributed by atoms with van der Waals surface area (Å²) in [4.78, 5) is 10.4. The molecule has 0 amide bonds. The Morgan fingerprint density at radius 1 is 1.38 bits per heavy atom. The smallest absolute Gasteiger partial charge is 0.420 e. The second-order valence-corrected chi connectivity index (χ2v) is 2.89. The summed E-state index contributed by atoms with van der Waals surface area (Å²) in [6, 6.07) is 1.39. The maximum absolute atomic E-state index is 13.4. The normalized spacial score (nSPS) is 11.3. The number of benzene rings is 1. The fourth-order valence-corrected chi connectivity index (χ4v) is 1.17. The third kappa shape index (κ3) is 2.32.